The van der Waals surface area contributed by atoms with Gasteiger partial charge in [0.1, 0.15) is 5.82 Å². The Morgan fingerprint density at radius 1 is 1.26 bits per heavy atom. The number of benzene rings is 1. The average molecular weight is 395 g/mol. The lowest BCUT2D eigenvalue weighted by molar-refractivity contribution is 0.102. The van der Waals surface area contributed by atoms with E-state index in [9.17, 15) is 22.0 Å². The summed E-state index contributed by atoms with van der Waals surface area (Å²) >= 11 is 0. The van der Waals surface area contributed by atoms with Gasteiger partial charge in [0.25, 0.3) is 5.91 Å². The SMILES string of the molecule is CCN(c1ccc(NC(=O)c2ccc(F)c(F)c2)cn1)C1CCS(=O)(=O)C1. The van der Waals surface area contributed by atoms with Crippen LogP contribution in [0.2, 0.25) is 0 Å². The highest BCUT2D eigenvalue weighted by Gasteiger charge is 2.32. The average Bonchev–Trinajstić information content (AvgIpc) is 2.99. The van der Waals surface area contributed by atoms with Gasteiger partial charge in [-0.3, -0.25) is 4.79 Å². The van der Waals surface area contributed by atoms with Crippen LogP contribution < -0.4 is 10.2 Å². The van der Waals surface area contributed by atoms with Gasteiger partial charge in [0, 0.05) is 18.2 Å². The number of sulfone groups is 1. The number of hydrogen-bond donors (Lipinski definition) is 1. The van der Waals surface area contributed by atoms with Crippen LogP contribution in [0.5, 0.6) is 0 Å². The van der Waals surface area contributed by atoms with E-state index in [1.165, 1.54) is 12.3 Å². The molecule has 0 aliphatic carbocycles. The van der Waals surface area contributed by atoms with Crippen molar-refractivity contribution in [1.82, 2.24) is 4.98 Å². The lowest BCUT2D eigenvalue weighted by Gasteiger charge is -2.28. The highest BCUT2D eigenvalue weighted by molar-refractivity contribution is 7.91. The number of rotatable bonds is 5. The largest absolute Gasteiger partial charge is 0.353 e. The summed E-state index contributed by atoms with van der Waals surface area (Å²) in [6.45, 7) is 2.53. The highest BCUT2D eigenvalue weighted by Crippen LogP contribution is 2.23. The first-order valence-electron chi connectivity index (χ1n) is 8.48. The fraction of sp³-hybridized carbons (Fsp3) is 0.333. The smallest absolute Gasteiger partial charge is 0.255 e. The van der Waals surface area contributed by atoms with Crippen LogP contribution in [-0.2, 0) is 9.84 Å². The monoisotopic (exact) mass is 395 g/mol. The molecule has 1 unspecified atom stereocenters. The third-order valence-corrected chi connectivity index (χ3v) is 6.22. The Bertz CT molecular complexity index is 949. The van der Waals surface area contributed by atoms with Crippen LogP contribution in [-0.4, -0.2) is 43.4 Å². The number of pyridine rings is 1. The van der Waals surface area contributed by atoms with Crippen LogP contribution in [0.25, 0.3) is 0 Å². The second-order valence-electron chi connectivity index (χ2n) is 6.33. The summed E-state index contributed by atoms with van der Waals surface area (Å²) in [5.41, 5.74) is 0.382. The molecule has 1 N–H and O–H groups in total. The minimum absolute atomic E-state index is 0.00989. The van der Waals surface area contributed by atoms with E-state index in [2.05, 4.69) is 10.3 Å². The molecule has 0 bridgehead atoms. The van der Waals surface area contributed by atoms with Crippen LogP contribution in [0.4, 0.5) is 20.3 Å². The zero-order chi connectivity index (χ0) is 19.6. The van der Waals surface area contributed by atoms with E-state index >= 15 is 0 Å². The van der Waals surface area contributed by atoms with Crippen molar-refractivity contribution < 1.29 is 22.0 Å². The van der Waals surface area contributed by atoms with Gasteiger partial charge in [0.05, 0.1) is 23.4 Å². The molecule has 0 spiro atoms. The van der Waals surface area contributed by atoms with E-state index in [1.807, 2.05) is 11.8 Å². The predicted octanol–water partition coefficient (Wildman–Crippen LogP) is 2.63. The quantitative estimate of drug-likeness (QED) is 0.842. The van der Waals surface area contributed by atoms with Gasteiger partial charge >= 0.3 is 0 Å². The van der Waals surface area contributed by atoms with E-state index in [0.717, 1.165) is 12.1 Å². The molecule has 144 valence electrons. The van der Waals surface area contributed by atoms with E-state index in [1.54, 1.807) is 12.1 Å². The van der Waals surface area contributed by atoms with Crippen LogP contribution in [0, 0.1) is 11.6 Å². The summed E-state index contributed by atoms with van der Waals surface area (Å²) in [5.74, 6) is -1.80. The first-order valence-corrected chi connectivity index (χ1v) is 10.3. The Hall–Kier alpha value is -2.55. The van der Waals surface area contributed by atoms with Crippen molar-refractivity contribution in [2.24, 2.45) is 0 Å². The van der Waals surface area contributed by atoms with Gasteiger partial charge in [-0.1, -0.05) is 0 Å². The molecule has 2 heterocycles. The number of nitrogens with zero attached hydrogens (tertiary/aromatic N) is 2. The van der Waals surface area contributed by atoms with E-state index in [4.69, 9.17) is 0 Å². The molecule has 1 saturated heterocycles. The topological polar surface area (TPSA) is 79.4 Å². The molecule has 1 aromatic heterocycles. The van der Waals surface area contributed by atoms with Crippen molar-refractivity contribution in [3.05, 3.63) is 53.7 Å². The number of nitrogens with one attached hydrogen (secondary N) is 1. The van der Waals surface area contributed by atoms with E-state index in [0.29, 0.717) is 24.5 Å². The summed E-state index contributed by atoms with van der Waals surface area (Å²) in [7, 11) is -3.00. The molecule has 0 radical (unpaired) electrons. The Morgan fingerprint density at radius 2 is 2.04 bits per heavy atom. The van der Waals surface area contributed by atoms with Gasteiger partial charge in [-0.25, -0.2) is 22.2 Å². The van der Waals surface area contributed by atoms with Crippen molar-refractivity contribution in [1.29, 1.82) is 0 Å². The molecular weight excluding hydrogens is 376 g/mol. The minimum Gasteiger partial charge on any atom is -0.353 e. The summed E-state index contributed by atoms with van der Waals surface area (Å²) < 4.78 is 49.6. The van der Waals surface area contributed by atoms with Gasteiger partial charge in [0.15, 0.2) is 21.5 Å². The molecule has 1 aromatic carbocycles. The maximum atomic E-state index is 13.2. The molecule has 1 aliphatic heterocycles. The normalized spacial score (nSPS) is 18.3. The number of amides is 1. The molecule has 1 amide bonds. The Morgan fingerprint density at radius 3 is 2.59 bits per heavy atom. The zero-order valence-electron chi connectivity index (χ0n) is 14.7. The van der Waals surface area contributed by atoms with Crippen molar-refractivity contribution in [2.75, 3.05) is 28.3 Å². The van der Waals surface area contributed by atoms with Gasteiger partial charge < -0.3 is 10.2 Å². The fourth-order valence-corrected chi connectivity index (χ4v) is 4.83. The second kappa shape index (κ2) is 7.59. The Kier molecular flexibility index (Phi) is 5.41. The number of carbonyl (C=O) groups excluding carboxylic acids is 1. The summed E-state index contributed by atoms with van der Waals surface area (Å²) in [6, 6.07) is 6.11. The second-order valence-corrected chi connectivity index (χ2v) is 8.56. The number of aromatic nitrogens is 1. The summed E-state index contributed by atoms with van der Waals surface area (Å²) in [5, 5.41) is 2.57. The molecule has 1 fully saturated rings. The molecule has 3 rings (SSSR count). The van der Waals surface area contributed by atoms with Crippen LogP contribution >= 0.6 is 0 Å². The predicted molar refractivity (Wildman–Crippen MR) is 98.6 cm³/mol. The molecule has 1 atom stereocenters. The zero-order valence-corrected chi connectivity index (χ0v) is 15.5. The minimum atomic E-state index is -3.00. The highest BCUT2D eigenvalue weighted by atomic mass is 32.2. The van der Waals surface area contributed by atoms with Crippen LogP contribution in [0.3, 0.4) is 0 Å². The van der Waals surface area contributed by atoms with Gasteiger partial charge in [-0.15, -0.1) is 0 Å². The van der Waals surface area contributed by atoms with Crippen molar-refractivity contribution in [2.45, 2.75) is 19.4 Å². The van der Waals surface area contributed by atoms with Crippen molar-refractivity contribution in [3.63, 3.8) is 0 Å². The van der Waals surface area contributed by atoms with Gasteiger partial charge in [-0.05, 0) is 43.7 Å². The molecule has 2 aromatic rings. The standard InChI is InChI=1S/C18H19F2N3O3S/c1-2-23(14-7-8-27(25,26)11-14)17-6-4-13(10-21-17)22-18(24)12-3-5-15(19)16(20)9-12/h3-6,9-10,14H,2,7-8,11H2,1H3,(H,22,24). The molecule has 9 heteroatoms. The van der Waals surface area contributed by atoms with Crippen LogP contribution in [0.1, 0.15) is 23.7 Å². The lowest BCUT2D eigenvalue weighted by atomic mass is 10.2. The van der Waals surface area contributed by atoms with Gasteiger partial charge in [0.2, 0.25) is 0 Å². The van der Waals surface area contributed by atoms with Crippen LogP contribution in [0.15, 0.2) is 36.5 Å². The molecule has 6 nitrogen and oxygen atoms in total. The fourth-order valence-electron chi connectivity index (χ4n) is 3.10. The first kappa shape index (κ1) is 19.2. The third-order valence-electron chi connectivity index (χ3n) is 4.47. The molecular formula is C18H19F2N3O3S. The number of carbonyl (C=O) groups is 1. The number of anilines is 2. The summed E-state index contributed by atoms with van der Waals surface area (Å²) in [6.07, 6.45) is 2.01. The maximum Gasteiger partial charge on any atom is 0.255 e. The van der Waals surface area contributed by atoms with Crippen molar-refractivity contribution >= 4 is 27.2 Å². The number of hydrogen-bond acceptors (Lipinski definition) is 5. The third kappa shape index (κ3) is 4.41. The van der Waals surface area contributed by atoms with E-state index < -0.39 is 27.4 Å². The summed E-state index contributed by atoms with van der Waals surface area (Å²) in [4.78, 5) is 18.4. The first-order chi connectivity index (χ1) is 12.8. The number of halogens is 2. The molecule has 1 aliphatic rings. The van der Waals surface area contributed by atoms with E-state index in [-0.39, 0.29) is 23.1 Å². The molecule has 27 heavy (non-hydrogen) atoms. The Labute approximate surface area is 156 Å². The maximum absolute atomic E-state index is 13.2. The van der Waals surface area contributed by atoms with Crippen molar-refractivity contribution in [3.8, 4) is 0 Å². The Balaban J connectivity index is 1.71. The van der Waals surface area contributed by atoms with Gasteiger partial charge in [-0.2, -0.15) is 0 Å². The molecule has 0 saturated carbocycles. The lowest BCUT2D eigenvalue weighted by Crippen LogP contribution is -2.36.